The number of piperazine rings is 1. The van der Waals surface area contributed by atoms with Crippen molar-refractivity contribution in [2.45, 2.75) is 0 Å². The lowest BCUT2D eigenvalue weighted by Crippen LogP contribution is -2.47. The number of halogens is 1. The van der Waals surface area contributed by atoms with E-state index in [1.54, 1.807) is 12.3 Å². The molecule has 0 atom stereocenters. The maximum atomic E-state index is 11.9. The van der Waals surface area contributed by atoms with Crippen LogP contribution in [0.1, 0.15) is 10.5 Å². The Labute approximate surface area is 122 Å². The van der Waals surface area contributed by atoms with Gasteiger partial charge in [0.25, 0.3) is 5.91 Å². The number of aromatic nitrogens is 1. The van der Waals surface area contributed by atoms with Crippen molar-refractivity contribution in [3.63, 3.8) is 0 Å². The molecule has 0 radical (unpaired) electrons. The summed E-state index contributed by atoms with van der Waals surface area (Å²) in [7, 11) is 2.14. The molecule has 2 rings (SSSR count). The van der Waals surface area contributed by atoms with E-state index in [1.165, 1.54) is 0 Å². The van der Waals surface area contributed by atoms with Crippen LogP contribution in [0.3, 0.4) is 0 Å². The Hall–Kier alpha value is -0.980. The summed E-state index contributed by atoms with van der Waals surface area (Å²) in [5, 5.41) is 2.91. The summed E-state index contributed by atoms with van der Waals surface area (Å²) in [6.45, 7) is 5.88. The van der Waals surface area contributed by atoms with Crippen molar-refractivity contribution >= 4 is 21.8 Å². The van der Waals surface area contributed by atoms with Gasteiger partial charge >= 0.3 is 0 Å². The van der Waals surface area contributed by atoms with Gasteiger partial charge in [0.05, 0.1) is 0 Å². The molecule has 1 aliphatic heterocycles. The molecule has 0 spiro atoms. The van der Waals surface area contributed by atoms with Crippen molar-refractivity contribution in [3.8, 4) is 0 Å². The predicted molar refractivity (Wildman–Crippen MR) is 78.2 cm³/mol. The standard InChI is InChI=1S/C13H19BrN4O/c1-17-7-9-18(10-8-17)6-5-16-13(19)12-11(14)3-2-4-15-12/h2-4H,5-10H2,1H3,(H,16,19). The van der Waals surface area contributed by atoms with Gasteiger partial charge in [0, 0.05) is 49.9 Å². The van der Waals surface area contributed by atoms with Crippen molar-refractivity contribution in [3.05, 3.63) is 28.5 Å². The second kappa shape index (κ2) is 6.98. The number of hydrogen-bond donors (Lipinski definition) is 1. The average molecular weight is 327 g/mol. The van der Waals surface area contributed by atoms with Crippen LogP contribution in [-0.2, 0) is 0 Å². The minimum absolute atomic E-state index is 0.124. The molecule has 104 valence electrons. The van der Waals surface area contributed by atoms with Gasteiger partial charge in [-0.3, -0.25) is 9.69 Å². The van der Waals surface area contributed by atoms with Gasteiger partial charge in [-0.15, -0.1) is 0 Å². The fourth-order valence-corrected chi connectivity index (χ4v) is 2.47. The van der Waals surface area contributed by atoms with Gasteiger partial charge in [-0.1, -0.05) is 0 Å². The molecule has 1 N–H and O–H groups in total. The van der Waals surface area contributed by atoms with Gasteiger partial charge < -0.3 is 10.2 Å². The molecule has 1 saturated heterocycles. The highest BCUT2D eigenvalue weighted by Crippen LogP contribution is 2.12. The number of hydrogen-bond acceptors (Lipinski definition) is 4. The molecule has 19 heavy (non-hydrogen) atoms. The zero-order chi connectivity index (χ0) is 13.7. The molecule has 0 saturated carbocycles. The molecular weight excluding hydrogens is 308 g/mol. The molecule has 0 aliphatic carbocycles. The van der Waals surface area contributed by atoms with Crippen LogP contribution in [0, 0.1) is 0 Å². The van der Waals surface area contributed by atoms with Gasteiger partial charge in [0.2, 0.25) is 0 Å². The Morgan fingerprint density at radius 2 is 2.16 bits per heavy atom. The van der Waals surface area contributed by atoms with Crippen LogP contribution in [0.5, 0.6) is 0 Å². The molecule has 0 unspecified atom stereocenters. The SMILES string of the molecule is CN1CCN(CCNC(=O)c2ncccc2Br)CC1. The first kappa shape index (κ1) is 14.4. The molecule has 5 nitrogen and oxygen atoms in total. The predicted octanol–water partition coefficient (Wildman–Crippen LogP) is 0.821. The maximum absolute atomic E-state index is 11.9. The van der Waals surface area contributed by atoms with E-state index < -0.39 is 0 Å². The molecular formula is C13H19BrN4O. The third kappa shape index (κ3) is 4.26. The highest BCUT2D eigenvalue weighted by Gasteiger charge is 2.14. The molecule has 1 aliphatic rings. The number of nitrogens with zero attached hydrogens (tertiary/aromatic N) is 3. The summed E-state index contributed by atoms with van der Waals surface area (Å²) in [5.41, 5.74) is 0.445. The summed E-state index contributed by atoms with van der Waals surface area (Å²) < 4.78 is 0.729. The van der Waals surface area contributed by atoms with Crippen LogP contribution in [0.25, 0.3) is 0 Å². The molecule has 2 heterocycles. The molecule has 1 amide bonds. The number of carbonyl (C=O) groups excluding carboxylic acids is 1. The molecule has 1 aromatic rings. The van der Waals surface area contributed by atoms with Crippen molar-refractivity contribution < 1.29 is 4.79 Å². The maximum Gasteiger partial charge on any atom is 0.271 e. The topological polar surface area (TPSA) is 48.5 Å². The zero-order valence-corrected chi connectivity index (χ0v) is 12.7. The second-order valence-corrected chi connectivity index (χ2v) is 5.59. The Bertz CT molecular complexity index is 432. The Morgan fingerprint density at radius 3 is 2.84 bits per heavy atom. The third-order valence-corrected chi connectivity index (χ3v) is 3.92. The van der Waals surface area contributed by atoms with Crippen molar-refractivity contribution in [1.82, 2.24) is 20.1 Å². The fourth-order valence-electron chi connectivity index (χ4n) is 2.04. The summed E-state index contributed by atoms with van der Waals surface area (Å²) >= 11 is 3.33. The van der Waals surface area contributed by atoms with Gasteiger partial charge in [0.15, 0.2) is 0 Å². The van der Waals surface area contributed by atoms with Crippen LogP contribution in [0.15, 0.2) is 22.8 Å². The van der Waals surface area contributed by atoms with Crippen molar-refractivity contribution in [2.75, 3.05) is 46.3 Å². The number of amides is 1. The quantitative estimate of drug-likeness (QED) is 0.890. The molecule has 1 aromatic heterocycles. The van der Waals surface area contributed by atoms with E-state index in [9.17, 15) is 4.79 Å². The Balaban J connectivity index is 1.74. The van der Waals surface area contributed by atoms with Gasteiger partial charge in [-0.2, -0.15) is 0 Å². The minimum atomic E-state index is -0.124. The lowest BCUT2D eigenvalue weighted by molar-refractivity contribution is 0.0935. The Morgan fingerprint density at radius 1 is 1.42 bits per heavy atom. The van der Waals surface area contributed by atoms with Crippen molar-refractivity contribution in [1.29, 1.82) is 0 Å². The van der Waals surface area contributed by atoms with Gasteiger partial charge in [-0.25, -0.2) is 4.98 Å². The minimum Gasteiger partial charge on any atom is -0.349 e. The molecule has 1 fully saturated rings. The first-order chi connectivity index (χ1) is 9.16. The smallest absolute Gasteiger partial charge is 0.271 e. The van der Waals surface area contributed by atoms with Crippen LogP contribution >= 0.6 is 15.9 Å². The number of likely N-dealkylation sites (N-methyl/N-ethyl adjacent to an activating group) is 1. The average Bonchev–Trinajstić information content (AvgIpc) is 2.41. The van der Waals surface area contributed by atoms with E-state index in [0.29, 0.717) is 12.2 Å². The molecule has 6 heteroatoms. The van der Waals surface area contributed by atoms with E-state index in [4.69, 9.17) is 0 Å². The molecule has 0 bridgehead atoms. The van der Waals surface area contributed by atoms with E-state index in [-0.39, 0.29) is 5.91 Å². The lowest BCUT2D eigenvalue weighted by Gasteiger charge is -2.32. The van der Waals surface area contributed by atoms with Crippen LogP contribution < -0.4 is 5.32 Å². The first-order valence-corrected chi connectivity index (χ1v) is 7.26. The third-order valence-electron chi connectivity index (χ3n) is 3.28. The summed E-state index contributed by atoms with van der Waals surface area (Å²) in [4.78, 5) is 20.7. The zero-order valence-electron chi connectivity index (χ0n) is 11.1. The summed E-state index contributed by atoms with van der Waals surface area (Å²) in [6.07, 6.45) is 1.63. The van der Waals surface area contributed by atoms with Gasteiger partial charge in [0.1, 0.15) is 5.69 Å². The summed E-state index contributed by atoms with van der Waals surface area (Å²) in [6, 6.07) is 3.62. The van der Waals surface area contributed by atoms with E-state index in [2.05, 4.69) is 43.1 Å². The largest absolute Gasteiger partial charge is 0.349 e. The van der Waals surface area contributed by atoms with Crippen LogP contribution in [0.2, 0.25) is 0 Å². The number of nitrogens with one attached hydrogen (secondary N) is 1. The highest BCUT2D eigenvalue weighted by molar-refractivity contribution is 9.10. The van der Waals surface area contributed by atoms with E-state index in [1.807, 2.05) is 6.07 Å². The lowest BCUT2D eigenvalue weighted by atomic mass is 10.3. The van der Waals surface area contributed by atoms with E-state index in [0.717, 1.165) is 37.2 Å². The number of rotatable bonds is 4. The monoisotopic (exact) mass is 326 g/mol. The highest BCUT2D eigenvalue weighted by atomic mass is 79.9. The number of carbonyl (C=O) groups is 1. The normalized spacial score (nSPS) is 17.4. The Kier molecular flexibility index (Phi) is 5.30. The van der Waals surface area contributed by atoms with Crippen LogP contribution in [0.4, 0.5) is 0 Å². The van der Waals surface area contributed by atoms with E-state index >= 15 is 0 Å². The fraction of sp³-hybridized carbons (Fsp3) is 0.538. The second-order valence-electron chi connectivity index (χ2n) is 4.73. The van der Waals surface area contributed by atoms with Gasteiger partial charge in [-0.05, 0) is 35.1 Å². The number of pyridine rings is 1. The van der Waals surface area contributed by atoms with Crippen LogP contribution in [-0.4, -0.2) is 67.0 Å². The summed E-state index contributed by atoms with van der Waals surface area (Å²) in [5.74, 6) is -0.124. The van der Waals surface area contributed by atoms with Crippen molar-refractivity contribution in [2.24, 2.45) is 0 Å². The first-order valence-electron chi connectivity index (χ1n) is 6.46. The molecule has 0 aromatic carbocycles.